The summed E-state index contributed by atoms with van der Waals surface area (Å²) in [6.45, 7) is -0.102. The lowest BCUT2D eigenvalue weighted by atomic mass is 9.98. The maximum Gasteiger partial charge on any atom is 0.405 e. The van der Waals surface area contributed by atoms with Crippen LogP contribution < -0.4 is 15.8 Å². The van der Waals surface area contributed by atoms with Gasteiger partial charge in [-0.3, -0.25) is 4.79 Å². The van der Waals surface area contributed by atoms with E-state index in [4.69, 9.17) is 10.5 Å². The zero-order valence-electron chi connectivity index (χ0n) is 10.8. The molecular weight excluding hydrogens is 280 g/mol. The number of nitrogen functional groups attached to an aromatic ring is 1. The number of alkyl halides is 3. The monoisotopic (exact) mass is 294 g/mol. The van der Waals surface area contributed by atoms with E-state index in [1.54, 1.807) is 5.32 Å². The molecule has 0 heterocycles. The quantitative estimate of drug-likeness (QED) is 0.661. The molecule has 112 valence electrons. The fourth-order valence-electron chi connectivity index (χ4n) is 1.58. The third-order valence-corrected chi connectivity index (χ3v) is 2.67. The maximum atomic E-state index is 13.4. The number of nitrogens with two attached hydrogens (primary N) is 1. The lowest BCUT2D eigenvalue weighted by molar-refractivity contribution is -0.139. The minimum Gasteiger partial charge on any atom is -0.496 e. The molecule has 0 spiro atoms. The highest BCUT2D eigenvalue weighted by Gasteiger charge is 2.29. The van der Waals surface area contributed by atoms with Crippen LogP contribution in [-0.2, 0) is 4.79 Å². The molecule has 0 aliphatic carbocycles. The number of rotatable bonds is 4. The van der Waals surface area contributed by atoms with E-state index in [0.717, 1.165) is 6.07 Å². The molecule has 1 atom stereocenters. The van der Waals surface area contributed by atoms with Crippen molar-refractivity contribution >= 4 is 11.6 Å². The number of nitrogens with one attached hydrogen (secondary N) is 1. The summed E-state index contributed by atoms with van der Waals surface area (Å²) in [5, 5.41) is 1.73. The van der Waals surface area contributed by atoms with Crippen molar-refractivity contribution in [1.82, 2.24) is 5.32 Å². The second kappa shape index (κ2) is 5.98. The number of benzene rings is 1. The maximum absolute atomic E-state index is 13.4. The predicted octanol–water partition coefficient (Wildman–Crippen LogP) is 2.20. The normalized spacial score (nSPS) is 12.9. The first kappa shape index (κ1) is 16.1. The van der Waals surface area contributed by atoms with Gasteiger partial charge >= 0.3 is 6.18 Å². The molecule has 0 saturated carbocycles. The molecule has 1 aromatic carbocycles. The van der Waals surface area contributed by atoms with Gasteiger partial charge in [0.25, 0.3) is 0 Å². The largest absolute Gasteiger partial charge is 0.496 e. The summed E-state index contributed by atoms with van der Waals surface area (Å²) >= 11 is 0. The molecule has 0 fully saturated rings. The third kappa shape index (κ3) is 4.01. The summed E-state index contributed by atoms with van der Waals surface area (Å²) in [4.78, 5) is 11.6. The lowest BCUT2D eigenvalue weighted by Crippen LogP contribution is -2.36. The number of amides is 1. The second-order valence-corrected chi connectivity index (χ2v) is 4.17. The lowest BCUT2D eigenvalue weighted by Gasteiger charge is -2.17. The Hall–Kier alpha value is -1.99. The summed E-state index contributed by atoms with van der Waals surface area (Å²) in [5.41, 5.74) is 5.30. The van der Waals surface area contributed by atoms with Crippen molar-refractivity contribution < 1.29 is 27.1 Å². The Labute approximate surface area is 112 Å². The zero-order chi connectivity index (χ0) is 15.5. The van der Waals surface area contributed by atoms with E-state index < -0.39 is 30.4 Å². The van der Waals surface area contributed by atoms with Gasteiger partial charge in [-0.25, -0.2) is 4.39 Å². The minimum absolute atomic E-state index is 0.124. The molecule has 3 N–H and O–H groups in total. The topological polar surface area (TPSA) is 64.3 Å². The zero-order valence-corrected chi connectivity index (χ0v) is 10.8. The molecule has 0 aliphatic heterocycles. The van der Waals surface area contributed by atoms with Crippen molar-refractivity contribution in [2.75, 3.05) is 19.4 Å². The fourth-order valence-corrected chi connectivity index (χ4v) is 1.58. The van der Waals surface area contributed by atoms with Crippen LogP contribution in [0, 0.1) is 5.82 Å². The third-order valence-electron chi connectivity index (χ3n) is 2.67. The first-order chi connectivity index (χ1) is 9.15. The van der Waals surface area contributed by atoms with Crippen molar-refractivity contribution in [3.8, 4) is 5.75 Å². The number of carbonyl (C=O) groups excluding carboxylic acids is 1. The Balaban J connectivity index is 2.94. The smallest absolute Gasteiger partial charge is 0.405 e. The van der Waals surface area contributed by atoms with Crippen molar-refractivity contribution in [3.63, 3.8) is 0 Å². The van der Waals surface area contributed by atoms with Gasteiger partial charge < -0.3 is 15.8 Å². The molecule has 1 amide bonds. The van der Waals surface area contributed by atoms with Gasteiger partial charge in [-0.15, -0.1) is 0 Å². The highest BCUT2D eigenvalue weighted by molar-refractivity contribution is 5.84. The van der Waals surface area contributed by atoms with E-state index in [1.165, 1.54) is 20.1 Å². The van der Waals surface area contributed by atoms with Crippen LogP contribution in [0.4, 0.5) is 23.2 Å². The summed E-state index contributed by atoms with van der Waals surface area (Å²) in [5.74, 6) is -2.53. The molecule has 20 heavy (non-hydrogen) atoms. The molecular formula is C12H14F4N2O2. The Morgan fingerprint density at radius 3 is 2.55 bits per heavy atom. The van der Waals surface area contributed by atoms with E-state index in [2.05, 4.69) is 0 Å². The van der Waals surface area contributed by atoms with Crippen molar-refractivity contribution in [3.05, 3.63) is 23.5 Å². The van der Waals surface area contributed by atoms with E-state index in [-0.39, 0.29) is 17.0 Å². The van der Waals surface area contributed by atoms with Gasteiger partial charge in [0.1, 0.15) is 18.1 Å². The summed E-state index contributed by atoms with van der Waals surface area (Å²) in [6, 6.07) is 2.16. The van der Waals surface area contributed by atoms with Gasteiger partial charge in [0, 0.05) is 11.6 Å². The van der Waals surface area contributed by atoms with Crippen LogP contribution in [0.15, 0.2) is 12.1 Å². The minimum atomic E-state index is -4.51. The average molecular weight is 294 g/mol. The molecule has 0 bridgehead atoms. The number of hydrogen-bond donors (Lipinski definition) is 2. The Bertz CT molecular complexity index is 503. The first-order valence-electron chi connectivity index (χ1n) is 5.63. The Kier molecular flexibility index (Phi) is 4.80. The van der Waals surface area contributed by atoms with Crippen LogP contribution in [0.1, 0.15) is 18.4 Å². The summed E-state index contributed by atoms with van der Waals surface area (Å²) in [7, 11) is 1.29. The van der Waals surface area contributed by atoms with Gasteiger partial charge in [0.15, 0.2) is 0 Å². The number of methoxy groups -OCH3 is 1. The van der Waals surface area contributed by atoms with Crippen molar-refractivity contribution in [1.29, 1.82) is 0 Å². The van der Waals surface area contributed by atoms with E-state index >= 15 is 0 Å². The molecule has 8 heteroatoms. The SMILES string of the molecule is COc1cc(N)c(F)cc1C(C)C(=O)NCC(F)(F)F. The fraction of sp³-hybridized carbons (Fsp3) is 0.417. The van der Waals surface area contributed by atoms with Crippen LogP contribution in [0.25, 0.3) is 0 Å². The number of hydrogen-bond acceptors (Lipinski definition) is 3. The van der Waals surface area contributed by atoms with E-state index in [0.29, 0.717) is 0 Å². The average Bonchev–Trinajstić information content (AvgIpc) is 2.36. The summed E-state index contributed by atoms with van der Waals surface area (Å²) < 4.78 is 54.4. The second-order valence-electron chi connectivity index (χ2n) is 4.17. The van der Waals surface area contributed by atoms with Crippen LogP contribution in [0.2, 0.25) is 0 Å². The van der Waals surface area contributed by atoms with E-state index in [9.17, 15) is 22.4 Å². The predicted molar refractivity (Wildman–Crippen MR) is 64.8 cm³/mol. The number of ether oxygens (including phenoxy) is 1. The molecule has 1 aromatic rings. The Morgan fingerprint density at radius 2 is 2.05 bits per heavy atom. The highest BCUT2D eigenvalue weighted by Crippen LogP contribution is 2.30. The number of halogens is 4. The van der Waals surface area contributed by atoms with Gasteiger partial charge in [0.2, 0.25) is 5.91 Å². The van der Waals surface area contributed by atoms with Crippen LogP contribution in [0.5, 0.6) is 5.75 Å². The number of carbonyl (C=O) groups is 1. The Morgan fingerprint density at radius 1 is 1.45 bits per heavy atom. The molecule has 0 aliphatic rings. The first-order valence-corrected chi connectivity index (χ1v) is 5.63. The van der Waals surface area contributed by atoms with Crippen molar-refractivity contribution in [2.24, 2.45) is 0 Å². The van der Waals surface area contributed by atoms with Gasteiger partial charge in [-0.05, 0) is 13.0 Å². The molecule has 0 aromatic heterocycles. The van der Waals surface area contributed by atoms with Crippen LogP contribution >= 0.6 is 0 Å². The van der Waals surface area contributed by atoms with E-state index in [1.807, 2.05) is 0 Å². The molecule has 1 rings (SSSR count). The standard InChI is InChI=1S/C12H14F4N2O2/c1-6(11(19)18-5-12(14,15)16)7-3-8(13)9(17)4-10(7)20-2/h3-4,6H,5,17H2,1-2H3,(H,18,19). The van der Waals surface area contributed by atoms with Gasteiger partial charge in [-0.2, -0.15) is 13.2 Å². The summed E-state index contributed by atoms with van der Waals surface area (Å²) in [6.07, 6.45) is -4.51. The van der Waals surface area contributed by atoms with Gasteiger partial charge in [-0.1, -0.05) is 0 Å². The molecule has 0 saturated heterocycles. The molecule has 4 nitrogen and oxygen atoms in total. The number of anilines is 1. The molecule has 1 unspecified atom stereocenters. The highest BCUT2D eigenvalue weighted by atomic mass is 19.4. The van der Waals surface area contributed by atoms with Crippen LogP contribution in [-0.4, -0.2) is 25.7 Å². The van der Waals surface area contributed by atoms with Gasteiger partial charge in [0.05, 0.1) is 18.7 Å². The van der Waals surface area contributed by atoms with Crippen LogP contribution in [0.3, 0.4) is 0 Å². The molecule has 0 radical (unpaired) electrons. The van der Waals surface area contributed by atoms with Crippen molar-refractivity contribution in [2.45, 2.75) is 19.0 Å².